The summed E-state index contributed by atoms with van der Waals surface area (Å²) in [6.07, 6.45) is -0.253. The van der Waals surface area contributed by atoms with E-state index in [1.54, 1.807) is 4.90 Å². The minimum absolute atomic E-state index is 0.0733. The predicted molar refractivity (Wildman–Crippen MR) is 141 cm³/mol. The van der Waals surface area contributed by atoms with E-state index in [1.807, 2.05) is 54.6 Å². The highest BCUT2D eigenvalue weighted by molar-refractivity contribution is 5.94. The van der Waals surface area contributed by atoms with E-state index in [2.05, 4.69) is 5.32 Å². The molecule has 0 bridgehead atoms. The van der Waals surface area contributed by atoms with Crippen LogP contribution in [0.25, 0.3) is 11.1 Å². The Kier molecular flexibility index (Phi) is 8.12. The summed E-state index contributed by atoms with van der Waals surface area (Å²) in [4.78, 5) is 27.7. The number of hydrogen-bond acceptors (Lipinski definition) is 5. The van der Waals surface area contributed by atoms with Crippen LogP contribution in [-0.2, 0) is 14.3 Å². The first kappa shape index (κ1) is 26.0. The topological polar surface area (TPSA) is 88.1 Å². The second-order valence-electron chi connectivity index (χ2n) is 9.79. The molecular formula is C30H31FN2O5. The molecule has 2 fully saturated rings. The molecule has 8 heteroatoms. The molecule has 4 atom stereocenters. The van der Waals surface area contributed by atoms with Gasteiger partial charge in [0.15, 0.2) is 0 Å². The highest BCUT2D eigenvalue weighted by Gasteiger charge is 2.40. The van der Waals surface area contributed by atoms with Gasteiger partial charge in [-0.1, -0.05) is 42.5 Å². The van der Waals surface area contributed by atoms with Gasteiger partial charge in [-0.2, -0.15) is 0 Å². The zero-order chi connectivity index (χ0) is 26.5. The lowest BCUT2D eigenvalue weighted by Crippen LogP contribution is -2.57. The lowest BCUT2D eigenvalue weighted by Gasteiger charge is -2.44. The van der Waals surface area contributed by atoms with Crippen molar-refractivity contribution < 1.29 is 28.6 Å². The fourth-order valence-electron chi connectivity index (χ4n) is 5.13. The van der Waals surface area contributed by atoms with Gasteiger partial charge in [0.05, 0.1) is 37.9 Å². The van der Waals surface area contributed by atoms with Crippen LogP contribution in [-0.4, -0.2) is 65.9 Å². The molecule has 0 spiro atoms. The second-order valence-corrected chi connectivity index (χ2v) is 9.79. The van der Waals surface area contributed by atoms with Crippen LogP contribution in [0, 0.1) is 5.82 Å². The number of hydrogen-bond donors (Lipinski definition) is 2. The second kappa shape index (κ2) is 11.9. The number of carbonyl (C=O) groups excluding carboxylic acids is 2. The third-order valence-corrected chi connectivity index (χ3v) is 7.02. The van der Waals surface area contributed by atoms with Crippen LogP contribution in [0.3, 0.4) is 0 Å². The molecule has 0 saturated carbocycles. The fraction of sp³-hybridized carbons (Fsp3) is 0.333. The Morgan fingerprint density at radius 3 is 2.37 bits per heavy atom. The van der Waals surface area contributed by atoms with Crippen molar-refractivity contribution in [2.75, 3.05) is 25.1 Å². The summed E-state index contributed by atoms with van der Waals surface area (Å²) in [6, 6.07) is 22.8. The molecule has 0 aromatic heterocycles. The lowest BCUT2D eigenvalue weighted by atomic mass is 9.94. The molecule has 0 unspecified atom stereocenters. The summed E-state index contributed by atoms with van der Waals surface area (Å²) in [6.45, 7) is 0.364. The van der Waals surface area contributed by atoms with Crippen LogP contribution in [0.4, 0.5) is 10.1 Å². The molecule has 2 heterocycles. The molecule has 2 amide bonds. The van der Waals surface area contributed by atoms with E-state index in [-0.39, 0.29) is 50.1 Å². The van der Waals surface area contributed by atoms with Crippen molar-refractivity contribution in [3.8, 4) is 11.1 Å². The predicted octanol–water partition coefficient (Wildman–Crippen LogP) is 4.27. The summed E-state index contributed by atoms with van der Waals surface area (Å²) in [7, 11) is 0. The number of carbonyl (C=O) groups is 2. The van der Waals surface area contributed by atoms with Gasteiger partial charge in [0.2, 0.25) is 5.91 Å². The highest BCUT2D eigenvalue weighted by atomic mass is 19.1. The van der Waals surface area contributed by atoms with Gasteiger partial charge in [-0.05, 0) is 60.4 Å². The van der Waals surface area contributed by atoms with Crippen molar-refractivity contribution in [1.29, 1.82) is 0 Å². The number of ether oxygens (including phenoxy) is 2. The smallest absolute Gasteiger partial charge is 0.254 e. The molecule has 7 nitrogen and oxygen atoms in total. The molecule has 2 N–H and O–H groups in total. The van der Waals surface area contributed by atoms with Crippen LogP contribution in [0.2, 0.25) is 0 Å². The van der Waals surface area contributed by atoms with Gasteiger partial charge >= 0.3 is 0 Å². The Hall–Kier alpha value is -3.59. The fourth-order valence-corrected chi connectivity index (χ4v) is 5.13. The maximum absolute atomic E-state index is 13.4. The number of amides is 2. The van der Waals surface area contributed by atoms with Crippen molar-refractivity contribution in [3.05, 3.63) is 90.2 Å². The van der Waals surface area contributed by atoms with Gasteiger partial charge in [-0.25, -0.2) is 4.39 Å². The molecule has 2 aliphatic heterocycles. The van der Waals surface area contributed by atoms with E-state index < -0.39 is 18.0 Å². The Morgan fingerprint density at radius 2 is 1.63 bits per heavy atom. The molecule has 3 aromatic rings. The van der Waals surface area contributed by atoms with Gasteiger partial charge in [0, 0.05) is 17.8 Å². The lowest BCUT2D eigenvalue weighted by molar-refractivity contribution is -0.149. The van der Waals surface area contributed by atoms with Gasteiger partial charge < -0.3 is 24.8 Å². The normalized spacial score (nSPS) is 23.6. The monoisotopic (exact) mass is 518 g/mol. The number of nitrogens with one attached hydrogen (secondary N) is 1. The standard InChI is InChI=1S/C30H31FN2O5/c31-23-10-6-22(7-11-23)30(36)33-17-25(34)18-37-19-28-27(33)15-14-26(38-28)16-29(35)32-24-12-8-21(9-13-24)20-4-2-1-3-5-20/h1-13,25-28,34H,14-19H2,(H,32,35)/t25-,26+,27-,28+/m1/s1. The zero-order valence-corrected chi connectivity index (χ0v) is 21.0. The van der Waals surface area contributed by atoms with Crippen LogP contribution in [0.1, 0.15) is 29.6 Å². The van der Waals surface area contributed by atoms with E-state index in [9.17, 15) is 19.1 Å². The number of anilines is 1. The van der Waals surface area contributed by atoms with Crippen molar-refractivity contribution in [2.24, 2.45) is 0 Å². The number of aliphatic hydroxyl groups is 1. The zero-order valence-electron chi connectivity index (χ0n) is 21.0. The summed E-state index contributed by atoms with van der Waals surface area (Å²) >= 11 is 0. The number of β-amino-alcohol motifs (C(OH)–C–C–N with tert-alkyl or cyclic N) is 1. The van der Waals surface area contributed by atoms with E-state index in [0.29, 0.717) is 24.1 Å². The van der Waals surface area contributed by atoms with E-state index >= 15 is 0 Å². The van der Waals surface area contributed by atoms with E-state index in [1.165, 1.54) is 24.3 Å². The number of aliphatic hydroxyl groups excluding tert-OH is 1. The number of rotatable bonds is 5. The van der Waals surface area contributed by atoms with Gasteiger partial charge in [-0.15, -0.1) is 0 Å². The molecule has 5 rings (SSSR count). The Balaban J connectivity index is 1.21. The average Bonchev–Trinajstić information content (AvgIpc) is 2.92. The molecule has 3 aromatic carbocycles. The number of fused-ring (bicyclic) bond motifs is 1. The van der Waals surface area contributed by atoms with Crippen molar-refractivity contribution in [1.82, 2.24) is 4.90 Å². The summed E-state index contributed by atoms with van der Waals surface area (Å²) in [5, 5.41) is 13.3. The largest absolute Gasteiger partial charge is 0.389 e. The maximum atomic E-state index is 13.4. The van der Waals surface area contributed by atoms with Crippen LogP contribution in [0.5, 0.6) is 0 Å². The first-order valence-electron chi connectivity index (χ1n) is 12.9. The third kappa shape index (κ3) is 6.27. The maximum Gasteiger partial charge on any atom is 0.254 e. The Morgan fingerprint density at radius 1 is 0.921 bits per heavy atom. The Bertz CT molecular complexity index is 1240. The van der Waals surface area contributed by atoms with Crippen LogP contribution >= 0.6 is 0 Å². The SMILES string of the molecule is O=C(C[C@@H]1CC[C@@H]2[C@H](COC[C@H](O)CN2C(=O)c2ccc(F)cc2)O1)Nc1ccc(-c2ccccc2)cc1. The molecule has 0 aliphatic carbocycles. The minimum atomic E-state index is -0.836. The third-order valence-electron chi connectivity index (χ3n) is 7.02. The number of benzene rings is 3. The number of nitrogens with zero attached hydrogens (tertiary/aromatic N) is 1. The first-order chi connectivity index (χ1) is 18.5. The van der Waals surface area contributed by atoms with Crippen molar-refractivity contribution in [3.63, 3.8) is 0 Å². The summed E-state index contributed by atoms with van der Waals surface area (Å²) in [5.74, 6) is -0.864. The molecular weight excluding hydrogens is 487 g/mol. The summed E-state index contributed by atoms with van der Waals surface area (Å²) < 4.78 is 25.3. The minimum Gasteiger partial charge on any atom is -0.389 e. The van der Waals surface area contributed by atoms with Crippen LogP contribution < -0.4 is 5.32 Å². The van der Waals surface area contributed by atoms with E-state index in [0.717, 1.165) is 11.1 Å². The first-order valence-corrected chi connectivity index (χ1v) is 12.9. The molecule has 0 radical (unpaired) electrons. The van der Waals surface area contributed by atoms with Gasteiger partial charge in [0.25, 0.3) is 5.91 Å². The average molecular weight is 519 g/mol. The number of halogens is 1. The molecule has 2 aliphatic rings. The van der Waals surface area contributed by atoms with Gasteiger partial charge in [-0.3, -0.25) is 9.59 Å². The highest BCUT2D eigenvalue weighted by Crippen LogP contribution is 2.29. The quantitative estimate of drug-likeness (QED) is 0.527. The molecule has 198 valence electrons. The van der Waals surface area contributed by atoms with Crippen molar-refractivity contribution >= 4 is 17.5 Å². The van der Waals surface area contributed by atoms with Crippen LogP contribution in [0.15, 0.2) is 78.9 Å². The summed E-state index contributed by atoms with van der Waals surface area (Å²) in [5.41, 5.74) is 3.23. The molecule has 38 heavy (non-hydrogen) atoms. The van der Waals surface area contributed by atoms with Gasteiger partial charge in [0.1, 0.15) is 11.9 Å². The Labute approximate surface area is 221 Å². The van der Waals surface area contributed by atoms with E-state index in [4.69, 9.17) is 9.47 Å². The molecule has 2 saturated heterocycles. The van der Waals surface area contributed by atoms with Crippen molar-refractivity contribution in [2.45, 2.75) is 43.6 Å².